The van der Waals surface area contributed by atoms with Gasteiger partial charge >= 0.3 is 6.09 Å². The molecule has 4 N–H and O–H groups in total. The van der Waals surface area contributed by atoms with Crippen LogP contribution >= 0.6 is 0 Å². The molecule has 10 heteroatoms. The van der Waals surface area contributed by atoms with Crippen LogP contribution in [0.5, 0.6) is 28.7 Å². The summed E-state index contributed by atoms with van der Waals surface area (Å²) in [6, 6.07) is 7.45. The third-order valence-electron chi connectivity index (χ3n) is 5.35. The highest BCUT2D eigenvalue weighted by molar-refractivity contribution is 5.95. The molecule has 0 unspecified atom stereocenters. The van der Waals surface area contributed by atoms with Gasteiger partial charge in [-0.05, 0) is 31.0 Å². The van der Waals surface area contributed by atoms with Crippen molar-refractivity contribution < 1.29 is 33.2 Å². The van der Waals surface area contributed by atoms with Crippen LogP contribution in [0, 0.1) is 5.82 Å². The molecule has 3 aromatic rings. The summed E-state index contributed by atoms with van der Waals surface area (Å²) in [5.74, 6) is 0.867. The number of carbonyl (C=O) groups is 1. The normalized spacial score (nSPS) is 15.8. The lowest BCUT2D eigenvalue weighted by atomic mass is 10.1. The van der Waals surface area contributed by atoms with Crippen LogP contribution in [0.1, 0.15) is 12.8 Å². The molecule has 0 radical (unpaired) electrons. The molecule has 2 aliphatic rings. The second-order valence-corrected chi connectivity index (χ2v) is 7.72. The molecule has 0 saturated heterocycles. The zero-order chi connectivity index (χ0) is 22.3. The monoisotopic (exact) mass is 441 g/mol. The third-order valence-corrected chi connectivity index (χ3v) is 5.35. The summed E-state index contributed by atoms with van der Waals surface area (Å²) >= 11 is 0. The van der Waals surface area contributed by atoms with Crippen molar-refractivity contribution in [1.29, 1.82) is 0 Å². The van der Waals surface area contributed by atoms with E-state index in [0.717, 1.165) is 0 Å². The van der Waals surface area contributed by atoms with E-state index in [1.807, 2.05) is 0 Å². The maximum absolute atomic E-state index is 14.3. The number of nitrogens with one attached hydrogen (secondary N) is 1. The topological polar surface area (TPSA) is 125 Å². The van der Waals surface area contributed by atoms with Gasteiger partial charge in [0.15, 0.2) is 23.1 Å². The summed E-state index contributed by atoms with van der Waals surface area (Å²) < 4.78 is 37.8. The largest absolute Gasteiger partial charge is 0.487 e. The molecule has 1 amide bonds. The highest BCUT2D eigenvalue weighted by Crippen LogP contribution is 2.49. The average Bonchev–Trinajstić information content (AvgIpc) is 3.52. The van der Waals surface area contributed by atoms with Crippen LogP contribution in [0.4, 0.5) is 14.9 Å². The van der Waals surface area contributed by atoms with Gasteiger partial charge in [-0.15, -0.1) is 0 Å². The van der Waals surface area contributed by atoms with E-state index in [4.69, 9.17) is 29.8 Å². The Morgan fingerprint density at radius 2 is 1.94 bits per heavy atom. The van der Waals surface area contributed by atoms with E-state index in [2.05, 4.69) is 10.3 Å². The number of nitrogens with two attached hydrogens (primary N) is 1. The van der Waals surface area contributed by atoms with Gasteiger partial charge in [-0.3, -0.25) is 4.98 Å². The number of anilines is 1. The number of nitrogen functional groups attached to an aromatic ring is 1. The van der Waals surface area contributed by atoms with Gasteiger partial charge in [-0.1, -0.05) is 0 Å². The fourth-order valence-electron chi connectivity index (χ4n) is 3.58. The van der Waals surface area contributed by atoms with E-state index >= 15 is 0 Å². The SMILES string of the molecule is Nc1ccc(Oc2ccnc3cc(OCC4(NC(=O)O)CC4)c4c(c23)OCCO4)c(F)c1. The number of rotatable bonds is 6. The Kier molecular flexibility index (Phi) is 4.76. The number of nitrogens with zero attached hydrogens (tertiary/aromatic N) is 1. The highest BCUT2D eigenvalue weighted by atomic mass is 19.1. The number of ether oxygens (including phenoxy) is 4. The minimum atomic E-state index is -1.09. The van der Waals surface area contributed by atoms with E-state index < -0.39 is 17.4 Å². The predicted octanol–water partition coefficient (Wildman–Crippen LogP) is 3.70. The summed E-state index contributed by atoms with van der Waals surface area (Å²) in [4.78, 5) is 15.4. The van der Waals surface area contributed by atoms with Crippen LogP contribution in [0.2, 0.25) is 0 Å². The van der Waals surface area contributed by atoms with Crippen LogP contribution in [-0.2, 0) is 0 Å². The Morgan fingerprint density at radius 3 is 2.66 bits per heavy atom. The summed E-state index contributed by atoms with van der Waals surface area (Å²) in [5, 5.41) is 12.0. The van der Waals surface area contributed by atoms with E-state index in [9.17, 15) is 9.18 Å². The first kappa shape index (κ1) is 20.0. The van der Waals surface area contributed by atoms with Crippen molar-refractivity contribution in [2.75, 3.05) is 25.6 Å². The van der Waals surface area contributed by atoms with Crippen molar-refractivity contribution in [3.8, 4) is 28.7 Å². The molecular formula is C22H20FN3O6. The summed E-state index contributed by atoms with van der Waals surface area (Å²) in [6.07, 6.45) is 1.82. The zero-order valence-electron chi connectivity index (χ0n) is 16.9. The second kappa shape index (κ2) is 7.63. The second-order valence-electron chi connectivity index (χ2n) is 7.72. The molecule has 5 rings (SSSR count). The molecule has 9 nitrogen and oxygen atoms in total. The maximum Gasteiger partial charge on any atom is 0.405 e. The molecule has 1 aliphatic heterocycles. The Balaban J connectivity index is 1.52. The van der Waals surface area contributed by atoms with Gasteiger partial charge in [0.1, 0.15) is 25.6 Å². The van der Waals surface area contributed by atoms with Gasteiger partial charge in [0.2, 0.25) is 5.75 Å². The van der Waals surface area contributed by atoms with E-state index in [1.54, 1.807) is 18.2 Å². The molecule has 1 fully saturated rings. The van der Waals surface area contributed by atoms with Crippen LogP contribution in [-0.4, -0.2) is 41.5 Å². The number of halogens is 1. The van der Waals surface area contributed by atoms with Crippen molar-refractivity contribution >= 4 is 22.7 Å². The molecule has 32 heavy (non-hydrogen) atoms. The zero-order valence-corrected chi connectivity index (χ0v) is 16.9. The minimum Gasteiger partial charge on any atom is -0.487 e. The number of carboxylic acid groups (broad SMARTS) is 1. The lowest BCUT2D eigenvalue weighted by Crippen LogP contribution is -2.40. The standard InChI is InChI=1S/C22H20FN3O6/c23-13-9-12(24)1-2-15(13)32-16-3-6-25-14-10-17(19-20(18(14)16)30-8-7-29-19)31-11-22(4-5-22)26-21(27)28/h1-3,6,9-10,26H,4-5,7-8,11,24H2,(H,27,28). The molecule has 1 saturated carbocycles. The number of amides is 1. The van der Waals surface area contributed by atoms with Crippen LogP contribution in [0.3, 0.4) is 0 Å². The Morgan fingerprint density at radius 1 is 1.16 bits per heavy atom. The van der Waals surface area contributed by atoms with Crippen molar-refractivity contribution in [2.45, 2.75) is 18.4 Å². The molecule has 1 aliphatic carbocycles. The molecule has 0 bridgehead atoms. The fraction of sp³-hybridized carbons (Fsp3) is 0.273. The van der Waals surface area contributed by atoms with Crippen molar-refractivity contribution in [2.24, 2.45) is 0 Å². The third kappa shape index (κ3) is 3.75. The molecule has 2 aromatic carbocycles. The number of pyridine rings is 1. The maximum atomic E-state index is 14.3. The van der Waals surface area contributed by atoms with Gasteiger partial charge in [0.25, 0.3) is 0 Å². The van der Waals surface area contributed by atoms with Crippen LogP contribution in [0.15, 0.2) is 36.5 Å². The number of hydrogen-bond acceptors (Lipinski definition) is 7. The molecule has 2 heterocycles. The van der Waals surface area contributed by atoms with Gasteiger partial charge in [-0.2, -0.15) is 0 Å². The summed E-state index contributed by atoms with van der Waals surface area (Å²) in [7, 11) is 0. The predicted molar refractivity (Wildman–Crippen MR) is 112 cm³/mol. The molecular weight excluding hydrogens is 421 g/mol. The average molecular weight is 441 g/mol. The Labute approximate surface area is 181 Å². The van der Waals surface area contributed by atoms with Gasteiger partial charge in [0, 0.05) is 24.0 Å². The van der Waals surface area contributed by atoms with Gasteiger partial charge in [0.05, 0.1) is 16.4 Å². The first-order chi connectivity index (χ1) is 15.4. The van der Waals surface area contributed by atoms with E-state index in [1.165, 1.54) is 18.3 Å². The number of fused-ring (bicyclic) bond motifs is 3. The van der Waals surface area contributed by atoms with Crippen LogP contribution < -0.4 is 30.0 Å². The number of benzene rings is 2. The first-order valence-electron chi connectivity index (χ1n) is 10.0. The molecule has 0 spiro atoms. The van der Waals surface area contributed by atoms with Crippen molar-refractivity contribution in [3.05, 3.63) is 42.3 Å². The molecule has 0 atom stereocenters. The lowest BCUT2D eigenvalue weighted by molar-refractivity contribution is 0.157. The summed E-state index contributed by atoms with van der Waals surface area (Å²) in [6.45, 7) is 0.768. The minimum absolute atomic E-state index is 0.00734. The highest BCUT2D eigenvalue weighted by Gasteiger charge is 2.45. The summed E-state index contributed by atoms with van der Waals surface area (Å²) in [5.41, 5.74) is 5.80. The first-order valence-corrected chi connectivity index (χ1v) is 10.0. The van der Waals surface area contributed by atoms with Crippen molar-refractivity contribution in [3.63, 3.8) is 0 Å². The van der Waals surface area contributed by atoms with Gasteiger partial charge in [-0.25, -0.2) is 9.18 Å². The van der Waals surface area contributed by atoms with Crippen molar-refractivity contribution in [1.82, 2.24) is 10.3 Å². The lowest BCUT2D eigenvalue weighted by Gasteiger charge is -2.24. The van der Waals surface area contributed by atoms with Gasteiger partial charge < -0.3 is 35.1 Å². The number of hydrogen-bond donors (Lipinski definition) is 3. The fourth-order valence-corrected chi connectivity index (χ4v) is 3.58. The smallest absolute Gasteiger partial charge is 0.405 e. The molecule has 1 aromatic heterocycles. The van der Waals surface area contributed by atoms with Crippen LogP contribution in [0.25, 0.3) is 10.9 Å². The Hall–Kier alpha value is -3.95. The number of aromatic nitrogens is 1. The van der Waals surface area contributed by atoms with E-state index in [-0.39, 0.29) is 18.0 Å². The van der Waals surface area contributed by atoms with E-state index in [0.29, 0.717) is 60.0 Å². The quantitative estimate of drug-likeness (QED) is 0.495. The Bertz CT molecular complexity index is 1210. The molecule has 166 valence electrons.